The highest BCUT2D eigenvalue weighted by Crippen LogP contribution is 2.37. The molecule has 1 aromatic carbocycles. The van der Waals surface area contributed by atoms with Crippen LogP contribution in [0.3, 0.4) is 0 Å². The van der Waals surface area contributed by atoms with E-state index in [0.717, 1.165) is 18.1 Å². The highest BCUT2D eigenvalue weighted by Gasteiger charge is 2.45. The Labute approximate surface area is 133 Å². The molecule has 0 aromatic heterocycles. The molecule has 1 aliphatic carbocycles. The predicted octanol–water partition coefficient (Wildman–Crippen LogP) is 4.23. The van der Waals surface area contributed by atoms with Crippen LogP contribution in [0.15, 0.2) is 24.3 Å². The van der Waals surface area contributed by atoms with Gasteiger partial charge >= 0.3 is 0 Å². The van der Waals surface area contributed by atoms with E-state index in [1.807, 2.05) is 12.1 Å². The van der Waals surface area contributed by atoms with Crippen LogP contribution in [-0.4, -0.2) is 29.1 Å². The normalized spacial score (nSPS) is 29.1. The summed E-state index contributed by atoms with van der Waals surface area (Å²) in [4.78, 5) is 2.71. The lowest BCUT2D eigenvalue weighted by Crippen LogP contribution is -2.67. The van der Waals surface area contributed by atoms with E-state index < -0.39 is 0 Å². The van der Waals surface area contributed by atoms with Gasteiger partial charge in [-0.2, -0.15) is 0 Å². The zero-order chi connectivity index (χ0) is 14.9. The fourth-order valence-corrected chi connectivity index (χ4v) is 4.02. The highest BCUT2D eigenvalue weighted by atomic mass is 35.5. The van der Waals surface area contributed by atoms with E-state index >= 15 is 0 Å². The zero-order valence-corrected chi connectivity index (χ0v) is 14.0. The quantitative estimate of drug-likeness (QED) is 0.899. The Morgan fingerprint density at radius 2 is 1.86 bits per heavy atom. The maximum Gasteiger partial charge on any atom is 0.0406 e. The Morgan fingerprint density at radius 3 is 2.48 bits per heavy atom. The minimum absolute atomic E-state index is 0.257. The molecule has 3 rings (SSSR count). The molecule has 1 spiro atoms. The van der Waals surface area contributed by atoms with Gasteiger partial charge in [0.2, 0.25) is 0 Å². The van der Waals surface area contributed by atoms with Gasteiger partial charge in [-0.05, 0) is 43.9 Å². The maximum absolute atomic E-state index is 6.01. The van der Waals surface area contributed by atoms with Gasteiger partial charge in [-0.15, -0.1) is 0 Å². The number of hydrogen-bond donors (Lipinski definition) is 1. The first kappa shape index (κ1) is 15.3. The molecule has 21 heavy (non-hydrogen) atoms. The Bertz CT molecular complexity index is 478. The fourth-order valence-electron chi connectivity index (χ4n) is 3.89. The largest absolute Gasteiger partial charge is 0.308 e. The molecule has 0 amide bonds. The van der Waals surface area contributed by atoms with Gasteiger partial charge in [0.25, 0.3) is 0 Å². The Kier molecular flexibility index (Phi) is 4.31. The van der Waals surface area contributed by atoms with Crippen molar-refractivity contribution in [1.29, 1.82) is 0 Å². The molecule has 2 fully saturated rings. The van der Waals surface area contributed by atoms with E-state index in [2.05, 4.69) is 36.2 Å². The van der Waals surface area contributed by atoms with Crippen molar-refractivity contribution in [2.24, 2.45) is 0 Å². The smallest absolute Gasteiger partial charge is 0.0406 e. The molecular weight excluding hydrogens is 280 g/mol. The van der Waals surface area contributed by atoms with Gasteiger partial charge < -0.3 is 5.32 Å². The molecule has 1 heterocycles. The molecule has 1 saturated heterocycles. The zero-order valence-electron chi connectivity index (χ0n) is 13.3. The fraction of sp³-hybridized carbons (Fsp3) is 0.667. The molecule has 1 unspecified atom stereocenters. The summed E-state index contributed by atoms with van der Waals surface area (Å²) in [6.45, 7) is 8.03. The molecule has 1 saturated carbocycles. The first-order chi connectivity index (χ1) is 10.1. The Morgan fingerprint density at radius 1 is 1.19 bits per heavy atom. The summed E-state index contributed by atoms with van der Waals surface area (Å²) >= 11 is 6.01. The number of nitrogens with one attached hydrogen (secondary N) is 1. The molecule has 0 bridgehead atoms. The summed E-state index contributed by atoms with van der Waals surface area (Å²) in [7, 11) is 0. The summed E-state index contributed by atoms with van der Waals surface area (Å²) < 4.78 is 0. The molecule has 2 nitrogen and oxygen atoms in total. The summed E-state index contributed by atoms with van der Waals surface area (Å²) in [5.74, 6) is 0. The first-order valence-corrected chi connectivity index (χ1v) is 8.68. The third kappa shape index (κ3) is 3.13. The molecule has 116 valence electrons. The van der Waals surface area contributed by atoms with Crippen molar-refractivity contribution < 1.29 is 0 Å². The molecule has 3 heteroatoms. The molecule has 1 aromatic rings. The highest BCUT2D eigenvalue weighted by molar-refractivity contribution is 6.30. The third-order valence-electron chi connectivity index (χ3n) is 5.71. The lowest BCUT2D eigenvalue weighted by atomic mass is 9.84. The Balaban J connectivity index is 1.79. The second-order valence-electron chi connectivity index (χ2n) is 7.17. The van der Waals surface area contributed by atoms with Crippen LogP contribution in [0, 0.1) is 0 Å². The maximum atomic E-state index is 6.01. The van der Waals surface area contributed by atoms with E-state index in [1.54, 1.807) is 0 Å². The van der Waals surface area contributed by atoms with E-state index in [-0.39, 0.29) is 5.54 Å². The van der Waals surface area contributed by atoms with Crippen molar-refractivity contribution in [3.8, 4) is 0 Å². The van der Waals surface area contributed by atoms with Crippen molar-refractivity contribution in [1.82, 2.24) is 10.2 Å². The SMILES string of the molecule is CCC1(C)CNC2(CCCC2)CN1Cc1ccc(Cl)cc1. The minimum Gasteiger partial charge on any atom is -0.308 e. The second kappa shape index (κ2) is 5.91. The topological polar surface area (TPSA) is 15.3 Å². The number of piperazine rings is 1. The van der Waals surface area contributed by atoms with Gasteiger partial charge in [0.05, 0.1) is 0 Å². The van der Waals surface area contributed by atoms with Gasteiger partial charge in [-0.1, -0.05) is 43.5 Å². The standard InChI is InChI=1S/C18H27ClN2/c1-3-17(2)13-20-18(10-4-5-11-18)14-21(17)12-15-6-8-16(19)9-7-15/h6-9,20H,3-5,10-14H2,1-2H3. The predicted molar refractivity (Wildman–Crippen MR) is 89.8 cm³/mol. The van der Waals surface area contributed by atoms with Gasteiger partial charge in [0.15, 0.2) is 0 Å². The van der Waals surface area contributed by atoms with Gasteiger partial charge in [-0.3, -0.25) is 4.90 Å². The van der Waals surface area contributed by atoms with Crippen molar-refractivity contribution in [3.63, 3.8) is 0 Å². The lowest BCUT2D eigenvalue weighted by Gasteiger charge is -2.52. The lowest BCUT2D eigenvalue weighted by molar-refractivity contribution is 0.00779. The molecule has 1 atom stereocenters. The summed E-state index contributed by atoms with van der Waals surface area (Å²) in [5, 5.41) is 4.72. The molecular formula is C18H27ClN2. The van der Waals surface area contributed by atoms with Crippen molar-refractivity contribution >= 4 is 11.6 Å². The van der Waals surface area contributed by atoms with Crippen LogP contribution < -0.4 is 5.32 Å². The number of nitrogens with zero attached hydrogens (tertiary/aromatic N) is 1. The van der Waals surface area contributed by atoms with E-state index in [1.165, 1.54) is 44.2 Å². The number of rotatable bonds is 3. The van der Waals surface area contributed by atoms with E-state index in [9.17, 15) is 0 Å². The number of benzene rings is 1. The summed E-state index contributed by atoms with van der Waals surface area (Å²) in [6, 6.07) is 8.35. The monoisotopic (exact) mass is 306 g/mol. The summed E-state index contributed by atoms with van der Waals surface area (Å²) in [5.41, 5.74) is 2.00. The molecule has 2 aliphatic rings. The number of hydrogen-bond acceptors (Lipinski definition) is 2. The van der Waals surface area contributed by atoms with Crippen LogP contribution in [-0.2, 0) is 6.54 Å². The van der Waals surface area contributed by atoms with Gasteiger partial charge in [-0.25, -0.2) is 0 Å². The van der Waals surface area contributed by atoms with Crippen LogP contribution in [0.2, 0.25) is 5.02 Å². The Hall–Kier alpha value is -0.570. The van der Waals surface area contributed by atoms with Crippen LogP contribution in [0.4, 0.5) is 0 Å². The minimum atomic E-state index is 0.257. The third-order valence-corrected chi connectivity index (χ3v) is 5.96. The van der Waals surface area contributed by atoms with Crippen LogP contribution in [0.1, 0.15) is 51.5 Å². The van der Waals surface area contributed by atoms with E-state index in [0.29, 0.717) is 5.54 Å². The van der Waals surface area contributed by atoms with Crippen LogP contribution in [0.5, 0.6) is 0 Å². The first-order valence-electron chi connectivity index (χ1n) is 8.30. The van der Waals surface area contributed by atoms with Crippen molar-refractivity contribution in [3.05, 3.63) is 34.9 Å². The van der Waals surface area contributed by atoms with Crippen molar-refractivity contribution in [2.45, 2.75) is 63.6 Å². The molecule has 0 radical (unpaired) electrons. The average Bonchev–Trinajstić information content (AvgIpc) is 2.94. The van der Waals surface area contributed by atoms with Crippen LogP contribution >= 0.6 is 11.6 Å². The average molecular weight is 307 g/mol. The number of halogens is 1. The van der Waals surface area contributed by atoms with Crippen LogP contribution in [0.25, 0.3) is 0 Å². The molecule has 1 aliphatic heterocycles. The second-order valence-corrected chi connectivity index (χ2v) is 7.61. The van der Waals surface area contributed by atoms with Crippen molar-refractivity contribution in [2.75, 3.05) is 13.1 Å². The van der Waals surface area contributed by atoms with Gasteiger partial charge in [0, 0.05) is 35.7 Å². The van der Waals surface area contributed by atoms with Gasteiger partial charge in [0.1, 0.15) is 0 Å². The van der Waals surface area contributed by atoms with E-state index in [4.69, 9.17) is 11.6 Å². The molecule has 1 N–H and O–H groups in total. The summed E-state index contributed by atoms with van der Waals surface area (Å²) in [6.07, 6.45) is 6.62.